The molecule has 0 N–H and O–H groups in total. The van der Waals surface area contributed by atoms with Gasteiger partial charge in [0, 0.05) is 6.42 Å². The van der Waals surface area contributed by atoms with Crippen LogP contribution in [0, 0.1) is 6.42 Å². The Hall–Kier alpha value is -2.86. The van der Waals surface area contributed by atoms with Gasteiger partial charge in [0.1, 0.15) is 0 Å². The Labute approximate surface area is 135 Å². The normalized spacial score (nSPS) is 13.3. The first-order chi connectivity index (χ1) is 11.4. The summed E-state index contributed by atoms with van der Waals surface area (Å²) in [5.41, 5.74) is 5.22. The van der Waals surface area contributed by atoms with Crippen molar-refractivity contribution >= 4 is 33.2 Å². The second-order valence-electron chi connectivity index (χ2n) is 6.10. The summed E-state index contributed by atoms with van der Waals surface area (Å²) < 4.78 is 0. The van der Waals surface area contributed by atoms with Crippen molar-refractivity contribution in [2.24, 2.45) is 0 Å². The number of benzene rings is 4. The highest BCUT2D eigenvalue weighted by atomic mass is 14.2. The molecule has 0 aromatic heterocycles. The van der Waals surface area contributed by atoms with Gasteiger partial charge in [-0.15, -0.1) is 0 Å². The van der Waals surface area contributed by atoms with Crippen LogP contribution in [-0.4, -0.2) is 0 Å². The number of hydrogen-bond acceptors (Lipinski definition) is 0. The van der Waals surface area contributed by atoms with Crippen LogP contribution in [0.4, 0.5) is 0 Å². The van der Waals surface area contributed by atoms with Crippen LogP contribution in [-0.2, 0) is 0 Å². The summed E-state index contributed by atoms with van der Waals surface area (Å²) in [5.74, 6) is 0. The van der Waals surface area contributed by atoms with Gasteiger partial charge in [-0.25, -0.2) is 0 Å². The zero-order chi connectivity index (χ0) is 15.2. The summed E-state index contributed by atoms with van der Waals surface area (Å²) in [7, 11) is 0. The molecule has 0 spiro atoms. The molecule has 0 saturated carbocycles. The van der Waals surface area contributed by atoms with Crippen LogP contribution in [0.15, 0.2) is 78.9 Å². The van der Waals surface area contributed by atoms with Crippen LogP contribution in [0.2, 0.25) is 0 Å². The maximum atomic E-state index is 2.32. The Balaban J connectivity index is 1.75. The maximum absolute atomic E-state index is 2.32. The standard InChI is InChI=1S/C23H15/c1-2-8-18-14-21(13-17(18)7-1)22-11-5-10-20-12-16-6-3-4-9-19(16)15-23(20)22/h1-15H. The molecule has 0 heteroatoms. The lowest BCUT2D eigenvalue weighted by Crippen LogP contribution is -1.86. The molecule has 0 aliphatic heterocycles. The third-order valence-corrected chi connectivity index (χ3v) is 4.68. The monoisotopic (exact) mass is 291 g/mol. The van der Waals surface area contributed by atoms with Crippen LogP contribution in [0.1, 0.15) is 16.7 Å². The minimum Gasteiger partial charge on any atom is -0.0619 e. The highest BCUT2D eigenvalue weighted by Crippen LogP contribution is 2.37. The van der Waals surface area contributed by atoms with Crippen molar-refractivity contribution in [1.29, 1.82) is 0 Å². The summed E-state index contributed by atoms with van der Waals surface area (Å²) in [4.78, 5) is 0. The van der Waals surface area contributed by atoms with Gasteiger partial charge in [0.15, 0.2) is 0 Å². The molecule has 0 atom stereocenters. The van der Waals surface area contributed by atoms with E-state index in [0.29, 0.717) is 0 Å². The average Bonchev–Trinajstić information content (AvgIpc) is 3.03. The Morgan fingerprint density at radius 1 is 0.522 bits per heavy atom. The Morgan fingerprint density at radius 3 is 2.04 bits per heavy atom. The molecular weight excluding hydrogens is 276 g/mol. The van der Waals surface area contributed by atoms with Crippen molar-refractivity contribution in [3.63, 3.8) is 0 Å². The molecule has 107 valence electrons. The van der Waals surface area contributed by atoms with E-state index in [4.69, 9.17) is 0 Å². The van der Waals surface area contributed by atoms with Gasteiger partial charge in [-0.1, -0.05) is 72.8 Å². The highest BCUT2D eigenvalue weighted by molar-refractivity contribution is 6.07. The van der Waals surface area contributed by atoms with E-state index in [1.807, 2.05) is 0 Å². The van der Waals surface area contributed by atoms with E-state index in [1.165, 1.54) is 43.8 Å². The van der Waals surface area contributed by atoms with Gasteiger partial charge in [-0.05, 0) is 55.9 Å². The topological polar surface area (TPSA) is 0 Å². The maximum Gasteiger partial charge on any atom is 0.0211 e. The van der Waals surface area contributed by atoms with E-state index < -0.39 is 0 Å². The fourth-order valence-electron chi connectivity index (χ4n) is 3.52. The average molecular weight is 291 g/mol. The second-order valence-corrected chi connectivity index (χ2v) is 6.10. The Morgan fingerprint density at radius 2 is 1.22 bits per heavy atom. The third kappa shape index (κ3) is 1.99. The molecule has 0 bridgehead atoms. The molecule has 0 fully saturated rings. The highest BCUT2D eigenvalue weighted by Gasteiger charge is 2.15. The molecule has 0 saturated heterocycles. The van der Waals surface area contributed by atoms with Gasteiger partial charge in [0.25, 0.3) is 0 Å². The zero-order valence-corrected chi connectivity index (χ0v) is 12.7. The van der Waals surface area contributed by atoms with Crippen molar-refractivity contribution in [2.45, 2.75) is 0 Å². The minimum atomic E-state index is 1.29. The summed E-state index contributed by atoms with van der Waals surface area (Å²) in [6, 6.07) is 28.3. The second kappa shape index (κ2) is 4.82. The van der Waals surface area contributed by atoms with E-state index in [9.17, 15) is 0 Å². The van der Waals surface area contributed by atoms with Gasteiger partial charge in [0.2, 0.25) is 0 Å². The molecule has 4 aromatic carbocycles. The molecule has 0 nitrogen and oxygen atoms in total. The third-order valence-electron chi connectivity index (χ3n) is 4.68. The molecule has 0 amide bonds. The van der Waals surface area contributed by atoms with E-state index in [-0.39, 0.29) is 0 Å². The summed E-state index contributed by atoms with van der Waals surface area (Å²) in [6.07, 6.45) is 4.58. The lowest BCUT2D eigenvalue weighted by molar-refractivity contribution is 1.54. The van der Waals surface area contributed by atoms with Crippen LogP contribution in [0.5, 0.6) is 0 Å². The molecule has 1 radical (unpaired) electrons. The summed E-state index contributed by atoms with van der Waals surface area (Å²) in [6.45, 7) is 0. The van der Waals surface area contributed by atoms with E-state index in [1.54, 1.807) is 0 Å². The van der Waals surface area contributed by atoms with Gasteiger partial charge >= 0.3 is 0 Å². The van der Waals surface area contributed by atoms with Crippen molar-refractivity contribution in [1.82, 2.24) is 0 Å². The smallest absolute Gasteiger partial charge is 0.0211 e. The van der Waals surface area contributed by atoms with E-state index >= 15 is 0 Å². The molecule has 5 rings (SSSR count). The predicted octanol–water partition coefficient (Wildman–Crippen LogP) is 6.10. The van der Waals surface area contributed by atoms with Gasteiger partial charge in [-0.2, -0.15) is 0 Å². The van der Waals surface area contributed by atoms with Crippen LogP contribution in [0.25, 0.3) is 33.2 Å². The molecule has 4 aromatic rings. The number of rotatable bonds is 1. The fourth-order valence-corrected chi connectivity index (χ4v) is 3.52. The first kappa shape index (κ1) is 12.7. The lowest BCUT2D eigenvalue weighted by Gasteiger charge is -2.09. The molecule has 0 heterocycles. The molecule has 1 aliphatic rings. The predicted molar refractivity (Wildman–Crippen MR) is 99.2 cm³/mol. The minimum absolute atomic E-state index is 1.29. The fraction of sp³-hybridized carbons (Fsp3) is 0. The molecule has 1 aliphatic carbocycles. The van der Waals surface area contributed by atoms with Crippen molar-refractivity contribution in [3.05, 3.63) is 102 Å². The molecule has 0 unspecified atom stereocenters. The van der Waals surface area contributed by atoms with Crippen LogP contribution < -0.4 is 0 Å². The van der Waals surface area contributed by atoms with Crippen molar-refractivity contribution in [3.8, 4) is 0 Å². The van der Waals surface area contributed by atoms with E-state index in [0.717, 1.165) is 0 Å². The Bertz CT molecular complexity index is 1080. The molecule has 23 heavy (non-hydrogen) atoms. The first-order valence-electron chi connectivity index (χ1n) is 7.96. The first-order valence-corrected chi connectivity index (χ1v) is 7.96. The quantitative estimate of drug-likeness (QED) is 0.372. The largest absolute Gasteiger partial charge is 0.0619 e. The Kier molecular flexibility index (Phi) is 2.65. The van der Waals surface area contributed by atoms with Crippen molar-refractivity contribution < 1.29 is 0 Å². The van der Waals surface area contributed by atoms with Crippen LogP contribution in [0.3, 0.4) is 0 Å². The lowest BCUT2D eigenvalue weighted by atomic mass is 9.95. The van der Waals surface area contributed by atoms with Gasteiger partial charge in [-0.3, -0.25) is 0 Å². The van der Waals surface area contributed by atoms with Crippen LogP contribution >= 0.6 is 0 Å². The summed E-state index contributed by atoms with van der Waals surface area (Å²) >= 11 is 0. The summed E-state index contributed by atoms with van der Waals surface area (Å²) in [5, 5.41) is 5.21. The number of allylic oxidation sites excluding steroid dienone is 1. The van der Waals surface area contributed by atoms with E-state index in [2.05, 4.69) is 91.4 Å². The van der Waals surface area contributed by atoms with Crippen molar-refractivity contribution in [2.75, 3.05) is 0 Å². The number of fused-ring (bicyclic) bond motifs is 3. The zero-order valence-electron chi connectivity index (χ0n) is 12.7. The molecular formula is C23H15. The SMILES string of the molecule is [CH]1C(c2cccc3cc4ccccc4cc23)=Cc2ccccc21. The van der Waals surface area contributed by atoms with Gasteiger partial charge in [0.05, 0.1) is 0 Å². The number of hydrogen-bond donors (Lipinski definition) is 0. The van der Waals surface area contributed by atoms with Gasteiger partial charge < -0.3 is 0 Å².